The smallest absolute Gasteiger partial charge is 0.329 e. The van der Waals surface area contributed by atoms with E-state index in [-0.39, 0.29) is 6.54 Å². The van der Waals surface area contributed by atoms with Crippen LogP contribution >= 0.6 is 11.3 Å². The highest BCUT2D eigenvalue weighted by molar-refractivity contribution is 7.22. The van der Waals surface area contributed by atoms with Crippen LogP contribution in [0, 0.1) is 0 Å². The maximum Gasteiger partial charge on any atom is 0.416 e. The molecule has 0 saturated carbocycles. The van der Waals surface area contributed by atoms with Crippen LogP contribution in [0.2, 0.25) is 0 Å². The lowest BCUT2D eigenvalue weighted by Gasteiger charge is -2.08. The molecule has 1 atom stereocenters. The standard InChI is InChI=1S/C15H13F3N4S/c16-15(17,18)9-1-2-13-8(3-9)4-14(23-13)12-5-11(10(20)6-19)21-7-22-12/h1-5,7,10H,6,19-20H2. The minimum absolute atomic E-state index is 0.248. The predicted molar refractivity (Wildman–Crippen MR) is 83.8 cm³/mol. The normalized spacial score (nSPS) is 13.4. The quantitative estimate of drug-likeness (QED) is 0.768. The van der Waals surface area contributed by atoms with Crippen LogP contribution in [0.5, 0.6) is 0 Å². The van der Waals surface area contributed by atoms with Crippen LogP contribution in [0.15, 0.2) is 36.7 Å². The molecule has 120 valence electrons. The van der Waals surface area contributed by atoms with E-state index in [4.69, 9.17) is 11.5 Å². The Bertz CT molecular complexity index is 844. The van der Waals surface area contributed by atoms with E-state index in [2.05, 4.69) is 9.97 Å². The summed E-state index contributed by atoms with van der Waals surface area (Å²) in [5, 5.41) is 0.531. The molecule has 3 aromatic rings. The number of rotatable bonds is 3. The Balaban J connectivity index is 2.04. The van der Waals surface area contributed by atoms with Gasteiger partial charge in [-0.2, -0.15) is 13.2 Å². The zero-order valence-electron chi connectivity index (χ0n) is 11.8. The summed E-state index contributed by atoms with van der Waals surface area (Å²) in [5.41, 5.74) is 11.9. The van der Waals surface area contributed by atoms with Crippen LogP contribution in [0.4, 0.5) is 13.2 Å². The third-order valence-electron chi connectivity index (χ3n) is 3.42. The summed E-state index contributed by atoms with van der Waals surface area (Å²) >= 11 is 1.37. The van der Waals surface area contributed by atoms with Gasteiger partial charge in [-0.25, -0.2) is 9.97 Å². The van der Waals surface area contributed by atoms with Gasteiger partial charge in [0.1, 0.15) is 6.33 Å². The third-order valence-corrected chi connectivity index (χ3v) is 4.56. The maximum absolute atomic E-state index is 12.8. The van der Waals surface area contributed by atoms with E-state index >= 15 is 0 Å². The average molecular weight is 338 g/mol. The molecule has 8 heteroatoms. The van der Waals surface area contributed by atoms with Crippen molar-refractivity contribution >= 4 is 21.4 Å². The Labute approximate surface area is 134 Å². The first kappa shape index (κ1) is 15.9. The molecule has 2 heterocycles. The minimum atomic E-state index is -4.35. The van der Waals surface area contributed by atoms with Gasteiger partial charge in [0.05, 0.1) is 27.9 Å². The molecule has 23 heavy (non-hydrogen) atoms. The molecule has 0 radical (unpaired) electrons. The van der Waals surface area contributed by atoms with Crippen molar-refractivity contribution in [2.75, 3.05) is 6.54 Å². The fraction of sp³-hybridized carbons (Fsp3) is 0.200. The molecule has 0 spiro atoms. The van der Waals surface area contributed by atoms with Crippen molar-refractivity contribution < 1.29 is 13.2 Å². The maximum atomic E-state index is 12.8. The summed E-state index contributed by atoms with van der Waals surface area (Å²) in [6.07, 6.45) is -2.97. The molecule has 4 N–H and O–H groups in total. The summed E-state index contributed by atoms with van der Waals surface area (Å²) in [7, 11) is 0. The van der Waals surface area contributed by atoms with Gasteiger partial charge >= 0.3 is 6.18 Å². The second-order valence-corrected chi connectivity index (χ2v) is 6.12. The van der Waals surface area contributed by atoms with E-state index in [1.165, 1.54) is 23.7 Å². The topological polar surface area (TPSA) is 77.8 Å². The van der Waals surface area contributed by atoms with Gasteiger partial charge in [0.15, 0.2) is 0 Å². The highest BCUT2D eigenvalue weighted by Gasteiger charge is 2.30. The van der Waals surface area contributed by atoms with Crippen molar-refractivity contribution in [2.24, 2.45) is 11.5 Å². The van der Waals surface area contributed by atoms with Crippen LogP contribution in [0.3, 0.4) is 0 Å². The first-order valence-electron chi connectivity index (χ1n) is 6.77. The fourth-order valence-corrected chi connectivity index (χ4v) is 3.19. The van der Waals surface area contributed by atoms with E-state index < -0.39 is 17.8 Å². The molecular formula is C15H13F3N4S. The number of thiophene rings is 1. The Morgan fingerprint density at radius 2 is 1.91 bits per heavy atom. The zero-order valence-corrected chi connectivity index (χ0v) is 12.7. The van der Waals surface area contributed by atoms with E-state index in [9.17, 15) is 13.2 Å². The molecule has 0 saturated heterocycles. The average Bonchev–Trinajstić information content (AvgIpc) is 2.96. The van der Waals surface area contributed by atoms with Crippen LogP contribution in [0.1, 0.15) is 17.3 Å². The van der Waals surface area contributed by atoms with Gasteiger partial charge in [0.2, 0.25) is 0 Å². The summed E-state index contributed by atoms with van der Waals surface area (Å²) in [6.45, 7) is 0.248. The Morgan fingerprint density at radius 3 is 2.61 bits per heavy atom. The molecule has 4 nitrogen and oxygen atoms in total. The van der Waals surface area contributed by atoms with Crippen molar-refractivity contribution in [3.05, 3.63) is 47.9 Å². The SMILES string of the molecule is NCC(N)c1cc(-c2cc3cc(C(F)(F)F)ccc3s2)ncn1. The lowest BCUT2D eigenvalue weighted by Crippen LogP contribution is -2.21. The van der Waals surface area contributed by atoms with Gasteiger partial charge in [-0.1, -0.05) is 0 Å². The molecule has 1 aromatic carbocycles. The molecule has 3 rings (SSSR count). The van der Waals surface area contributed by atoms with Crippen LogP contribution in [0.25, 0.3) is 20.7 Å². The van der Waals surface area contributed by atoms with Gasteiger partial charge in [0, 0.05) is 11.2 Å². The van der Waals surface area contributed by atoms with E-state index in [1.54, 1.807) is 12.1 Å². The number of halogens is 3. The third kappa shape index (κ3) is 3.19. The lowest BCUT2D eigenvalue weighted by atomic mass is 10.1. The number of nitrogens with zero attached hydrogens (tertiary/aromatic N) is 2. The number of hydrogen-bond donors (Lipinski definition) is 2. The molecule has 1 unspecified atom stereocenters. The first-order chi connectivity index (χ1) is 10.9. The molecule has 2 aromatic heterocycles. The second kappa shape index (κ2) is 5.88. The number of fused-ring (bicyclic) bond motifs is 1. The molecule has 0 aliphatic rings. The van der Waals surface area contributed by atoms with Crippen molar-refractivity contribution in [3.8, 4) is 10.6 Å². The van der Waals surface area contributed by atoms with Crippen molar-refractivity contribution in [1.29, 1.82) is 0 Å². The van der Waals surface area contributed by atoms with Gasteiger partial charge in [-0.05, 0) is 35.7 Å². The minimum Gasteiger partial charge on any atom is -0.329 e. The number of hydrogen-bond acceptors (Lipinski definition) is 5. The fourth-order valence-electron chi connectivity index (χ4n) is 2.18. The Kier molecular flexibility index (Phi) is 4.05. The number of nitrogens with two attached hydrogens (primary N) is 2. The molecule has 0 bridgehead atoms. The van der Waals surface area contributed by atoms with Crippen molar-refractivity contribution in [1.82, 2.24) is 9.97 Å². The number of aromatic nitrogens is 2. The monoisotopic (exact) mass is 338 g/mol. The zero-order chi connectivity index (χ0) is 16.6. The number of alkyl halides is 3. The van der Waals surface area contributed by atoms with Gasteiger partial charge < -0.3 is 11.5 Å². The summed E-state index contributed by atoms with van der Waals surface area (Å²) in [6, 6.07) is 6.70. The second-order valence-electron chi connectivity index (χ2n) is 5.03. The van der Waals surface area contributed by atoms with Crippen LogP contribution in [-0.4, -0.2) is 16.5 Å². The molecule has 0 fully saturated rings. The summed E-state index contributed by atoms with van der Waals surface area (Å²) in [5.74, 6) is 0. The highest BCUT2D eigenvalue weighted by Crippen LogP contribution is 2.37. The first-order valence-corrected chi connectivity index (χ1v) is 7.59. The van der Waals surface area contributed by atoms with Gasteiger partial charge in [-0.3, -0.25) is 0 Å². The van der Waals surface area contributed by atoms with Crippen molar-refractivity contribution in [2.45, 2.75) is 12.2 Å². The van der Waals surface area contributed by atoms with E-state index in [1.807, 2.05) is 0 Å². The highest BCUT2D eigenvalue weighted by atomic mass is 32.1. The number of benzene rings is 1. The van der Waals surface area contributed by atoms with E-state index in [0.717, 1.165) is 21.7 Å². The van der Waals surface area contributed by atoms with Crippen LogP contribution in [-0.2, 0) is 6.18 Å². The van der Waals surface area contributed by atoms with Gasteiger partial charge in [-0.15, -0.1) is 11.3 Å². The molecule has 0 aliphatic heterocycles. The van der Waals surface area contributed by atoms with Gasteiger partial charge in [0.25, 0.3) is 0 Å². The predicted octanol–water partition coefficient (Wildman–Crippen LogP) is 3.34. The largest absolute Gasteiger partial charge is 0.416 e. The Morgan fingerprint density at radius 1 is 1.13 bits per heavy atom. The molecule has 0 amide bonds. The van der Waals surface area contributed by atoms with E-state index in [0.29, 0.717) is 16.8 Å². The molecule has 0 aliphatic carbocycles. The van der Waals surface area contributed by atoms with Crippen molar-refractivity contribution in [3.63, 3.8) is 0 Å². The lowest BCUT2D eigenvalue weighted by molar-refractivity contribution is -0.137. The van der Waals surface area contributed by atoms with Crippen LogP contribution < -0.4 is 11.5 Å². The Hall–Kier alpha value is -2.03. The molecular weight excluding hydrogens is 325 g/mol. The summed E-state index contributed by atoms with van der Waals surface area (Å²) < 4.78 is 39.1. The summed E-state index contributed by atoms with van der Waals surface area (Å²) in [4.78, 5) is 9.01.